The SMILES string of the molecule is CC(C)Oc1cc(-n2ccc(C3CC3)n2)c(N)cc1F. The molecule has 1 aliphatic carbocycles. The first-order chi connectivity index (χ1) is 9.54. The fraction of sp³-hybridized carbons (Fsp3) is 0.400. The second-order valence-electron chi connectivity index (χ2n) is 5.47. The number of rotatable bonds is 4. The lowest BCUT2D eigenvalue weighted by Crippen LogP contribution is -2.09. The molecule has 1 aliphatic rings. The molecule has 20 heavy (non-hydrogen) atoms. The molecule has 1 heterocycles. The minimum Gasteiger partial charge on any atom is -0.488 e. The highest BCUT2D eigenvalue weighted by molar-refractivity contribution is 5.60. The number of nitrogens with two attached hydrogens (primary N) is 1. The van der Waals surface area contributed by atoms with Crippen LogP contribution in [0, 0.1) is 5.82 Å². The number of aromatic nitrogens is 2. The van der Waals surface area contributed by atoms with Gasteiger partial charge in [-0.2, -0.15) is 5.10 Å². The van der Waals surface area contributed by atoms with Crippen LogP contribution in [-0.2, 0) is 0 Å². The Balaban J connectivity index is 1.98. The van der Waals surface area contributed by atoms with Crippen LogP contribution in [-0.4, -0.2) is 15.9 Å². The molecule has 0 unspecified atom stereocenters. The normalized spacial score (nSPS) is 14.8. The van der Waals surface area contributed by atoms with E-state index in [1.54, 1.807) is 10.7 Å². The molecular weight excluding hydrogens is 257 g/mol. The fourth-order valence-corrected chi connectivity index (χ4v) is 2.17. The largest absolute Gasteiger partial charge is 0.488 e. The highest BCUT2D eigenvalue weighted by Gasteiger charge is 2.26. The van der Waals surface area contributed by atoms with Crippen molar-refractivity contribution < 1.29 is 9.13 Å². The van der Waals surface area contributed by atoms with Crippen molar-refractivity contribution >= 4 is 5.69 Å². The molecule has 1 fully saturated rings. The quantitative estimate of drug-likeness (QED) is 0.871. The molecule has 2 aromatic rings. The molecule has 0 radical (unpaired) electrons. The van der Waals surface area contributed by atoms with Crippen LogP contribution >= 0.6 is 0 Å². The second kappa shape index (κ2) is 4.81. The van der Waals surface area contributed by atoms with Crippen molar-refractivity contribution in [2.75, 3.05) is 5.73 Å². The number of nitrogens with zero attached hydrogens (tertiary/aromatic N) is 2. The highest BCUT2D eigenvalue weighted by atomic mass is 19.1. The Kier molecular flexibility index (Phi) is 3.12. The first-order valence-electron chi connectivity index (χ1n) is 6.86. The van der Waals surface area contributed by atoms with E-state index < -0.39 is 5.82 Å². The Hall–Kier alpha value is -2.04. The van der Waals surface area contributed by atoms with E-state index in [9.17, 15) is 4.39 Å². The maximum Gasteiger partial charge on any atom is 0.167 e. The van der Waals surface area contributed by atoms with E-state index in [2.05, 4.69) is 5.10 Å². The fourth-order valence-electron chi connectivity index (χ4n) is 2.17. The molecule has 0 saturated heterocycles. The van der Waals surface area contributed by atoms with Crippen molar-refractivity contribution in [1.82, 2.24) is 9.78 Å². The van der Waals surface area contributed by atoms with Gasteiger partial charge in [0.25, 0.3) is 0 Å². The molecular formula is C15H18FN3O. The van der Waals surface area contributed by atoms with Crippen LogP contribution in [0.25, 0.3) is 5.69 Å². The van der Waals surface area contributed by atoms with Crippen LogP contribution in [0.2, 0.25) is 0 Å². The standard InChI is InChI=1S/C15H18FN3O/c1-9(2)20-15-8-14(12(17)7-11(15)16)19-6-5-13(18-19)10-3-4-10/h5-10H,3-4,17H2,1-2H3. The maximum atomic E-state index is 13.8. The van der Waals surface area contributed by atoms with Gasteiger partial charge >= 0.3 is 0 Å². The molecule has 0 amide bonds. The summed E-state index contributed by atoms with van der Waals surface area (Å²) in [5.41, 5.74) is 7.97. The smallest absolute Gasteiger partial charge is 0.167 e. The van der Waals surface area contributed by atoms with Gasteiger partial charge in [0.05, 0.1) is 23.2 Å². The summed E-state index contributed by atoms with van der Waals surface area (Å²) < 4.78 is 21.0. The predicted octanol–water partition coefficient (Wildman–Crippen LogP) is 3.26. The zero-order valence-electron chi connectivity index (χ0n) is 11.6. The van der Waals surface area contributed by atoms with E-state index in [0.717, 1.165) is 5.69 Å². The number of halogens is 1. The molecule has 1 aromatic carbocycles. The van der Waals surface area contributed by atoms with Crippen molar-refractivity contribution in [2.24, 2.45) is 0 Å². The summed E-state index contributed by atoms with van der Waals surface area (Å²) in [5, 5.41) is 4.51. The molecule has 1 saturated carbocycles. The molecule has 0 aliphatic heterocycles. The van der Waals surface area contributed by atoms with Gasteiger partial charge in [0.15, 0.2) is 11.6 Å². The third kappa shape index (κ3) is 2.48. The minimum absolute atomic E-state index is 0.0966. The number of nitrogen functional groups attached to an aromatic ring is 1. The lowest BCUT2D eigenvalue weighted by atomic mass is 10.2. The first-order valence-corrected chi connectivity index (χ1v) is 6.86. The Morgan fingerprint density at radius 3 is 2.80 bits per heavy atom. The van der Waals surface area contributed by atoms with Gasteiger partial charge in [-0.15, -0.1) is 0 Å². The van der Waals surface area contributed by atoms with Gasteiger partial charge in [-0.1, -0.05) is 0 Å². The molecule has 0 spiro atoms. The number of hydrogen-bond acceptors (Lipinski definition) is 3. The van der Waals surface area contributed by atoms with Gasteiger partial charge in [0, 0.05) is 24.2 Å². The van der Waals surface area contributed by atoms with E-state index >= 15 is 0 Å². The third-order valence-electron chi connectivity index (χ3n) is 3.30. The predicted molar refractivity (Wildman–Crippen MR) is 75.7 cm³/mol. The minimum atomic E-state index is -0.450. The van der Waals surface area contributed by atoms with Gasteiger partial charge in [0.1, 0.15) is 0 Å². The zero-order chi connectivity index (χ0) is 14.3. The van der Waals surface area contributed by atoms with Crippen LogP contribution < -0.4 is 10.5 Å². The molecule has 2 N–H and O–H groups in total. The number of benzene rings is 1. The lowest BCUT2D eigenvalue weighted by molar-refractivity contribution is 0.231. The summed E-state index contributed by atoms with van der Waals surface area (Å²) >= 11 is 0. The average Bonchev–Trinajstić information content (AvgIpc) is 3.11. The first kappa shape index (κ1) is 13.0. The van der Waals surface area contributed by atoms with Crippen molar-refractivity contribution in [3.63, 3.8) is 0 Å². The number of anilines is 1. The summed E-state index contributed by atoms with van der Waals surface area (Å²) in [6.45, 7) is 3.71. The van der Waals surface area contributed by atoms with E-state index in [-0.39, 0.29) is 11.9 Å². The topological polar surface area (TPSA) is 53.1 Å². The lowest BCUT2D eigenvalue weighted by Gasteiger charge is -2.13. The molecule has 5 heteroatoms. The summed E-state index contributed by atoms with van der Waals surface area (Å²) in [6.07, 6.45) is 4.15. The van der Waals surface area contributed by atoms with Crippen LogP contribution in [0.5, 0.6) is 5.75 Å². The van der Waals surface area contributed by atoms with Crippen LogP contribution in [0.3, 0.4) is 0 Å². The second-order valence-corrected chi connectivity index (χ2v) is 5.47. The van der Waals surface area contributed by atoms with Crippen molar-refractivity contribution in [3.8, 4) is 11.4 Å². The Morgan fingerprint density at radius 1 is 1.40 bits per heavy atom. The Labute approximate surface area is 117 Å². The van der Waals surface area contributed by atoms with Gasteiger partial charge in [0.2, 0.25) is 0 Å². The average molecular weight is 275 g/mol. The molecule has 0 atom stereocenters. The molecule has 4 nitrogen and oxygen atoms in total. The van der Waals surface area contributed by atoms with Crippen LogP contribution in [0.15, 0.2) is 24.4 Å². The molecule has 3 rings (SSSR count). The highest BCUT2D eigenvalue weighted by Crippen LogP contribution is 2.39. The van der Waals surface area contributed by atoms with Crippen molar-refractivity contribution in [1.29, 1.82) is 0 Å². The molecule has 0 bridgehead atoms. The monoisotopic (exact) mass is 275 g/mol. The van der Waals surface area contributed by atoms with Gasteiger partial charge in [-0.25, -0.2) is 9.07 Å². The van der Waals surface area contributed by atoms with Gasteiger partial charge in [-0.05, 0) is 32.8 Å². The zero-order valence-corrected chi connectivity index (χ0v) is 11.6. The van der Waals surface area contributed by atoms with E-state index in [1.807, 2.05) is 26.1 Å². The van der Waals surface area contributed by atoms with Crippen LogP contribution in [0.1, 0.15) is 38.3 Å². The summed E-state index contributed by atoms with van der Waals surface area (Å²) in [7, 11) is 0. The van der Waals surface area contributed by atoms with E-state index in [0.29, 0.717) is 17.3 Å². The Morgan fingerprint density at radius 2 is 2.15 bits per heavy atom. The van der Waals surface area contributed by atoms with Gasteiger partial charge < -0.3 is 10.5 Å². The van der Waals surface area contributed by atoms with Gasteiger partial charge in [-0.3, -0.25) is 0 Å². The third-order valence-corrected chi connectivity index (χ3v) is 3.30. The van der Waals surface area contributed by atoms with E-state index in [1.165, 1.54) is 18.9 Å². The number of ether oxygens (including phenoxy) is 1. The maximum absolute atomic E-state index is 13.8. The van der Waals surface area contributed by atoms with E-state index in [4.69, 9.17) is 10.5 Å². The summed E-state index contributed by atoms with van der Waals surface area (Å²) in [6, 6.07) is 4.88. The van der Waals surface area contributed by atoms with Crippen molar-refractivity contribution in [2.45, 2.75) is 38.7 Å². The molecule has 106 valence electrons. The van der Waals surface area contributed by atoms with Crippen LogP contribution in [0.4, 0.5) is 10.1 Å². The number of hydrogen-bond donors (Lipinski definition) is 1. The molecule has 1 aromatic heterocycles. The summed E-state index contributed by atoms with van der Waals surface area (Å²) in [4.78, 5) is 0. The van der Waals surface area contributed by atoms with Crippen molar-refractivity contribution in [3.05, 3.63) is 35.9 Å². The Bertz CT molecular complexity index is 632. The summed E-state index contributed by atoms with van der Waals surface area (Å²) in [5.74, 6) is 0.325.